The van der Waals surface area contributed by atoms with E-state index in [9.17, 15) is 4.39 Å². The van der Waals surface area contributed by atoms with Gasteiger partial charge in [0, 0.05) is 12.1 Å². The van der Waals surface area contributed by atoms with E-state index in [-0.39, 0.29) is 11.5 Å². The van der Waals surface area contributed by atoms with Crippen molar-refractivity contribution in [2.75, 3.05) is 17.6 Å². The fourth-order valence-electron chi connectivity index (χ4n) is 4.18. The summed E-state index contributed by atoms with van der Waals surface area (Å²) in [6.45, 7) is 12.8. The molecular formula is C28H39FN2. The molecule has 0 aliphatic heterocycles. The Labute approximate surface area is 188 Å². The highest BCUT2D eigenvalue weighted by Gasteiger charge is 2.18. The number of nitrogens with two attached hydrogens (primary N) is 1. The second kappa shape index (κ2) is 12.3. The number of hydrogen-bond donors (Lipinski definition) is 2. The Bertz CT molecular complexity index is 849. The van der Waals surface area contributed by atoms with Crippen LogP contribution in [0.2, 0.25) is 0 Å². The molecule has 3 rings (SSSR count). The van der Waals surface area contributed by atoms with Crippen LogP contribution >= 0.6 is 0 Å². The lowest BCUT2D eigenvalue weighted by Gasteiger charge is -2.19. The van der Waals surface area contributed by atoms with Crippen molar-refractivity contribution in [1.29, 1.82) is 0 Å². The number of allylic oxidation sites excluding steroid dienone is 3. The zero-order valence-corrected chi connectivity index (χ0v) is 19.7. The molecule has 0 aromatic heterocycles. The fraction of sp³-hybridized carbons (Fsp3) is 0.429. The average Bonchev–Trinajstić information content (AvgIpc) is 3.24. The summed E-state index contributed by atoms with van der Waals surface area (Å²) in [4.78, 5) is 0. The molecule has 2 nitrogen and oxygen atoms in total. The Morgan fingerprint density at radius 1 is 1.16 bits per heavy atom. The van der Waals surface area contributed by atoms with Crippen molar-refractivity contribution >= 4 is 16.9 Å². The van der Waals surface area contributed by atoms with Gasteiger partial charge in [-0.1, -0.05) is 81.7 Å². The molecule has 1 saturated carbocycles. The molecule has 0 heterocycles. The van der Waals surface area contributed by atoms with E-state index in [0.717, 1.165) is 35.5 Å². The highest BCUT2D eigenvalue weighted by molar-refractivity contribution is 5.85. The molecule has 0 spiro atoms. The molecule has 0 atom stereocenters. The van der Waals surface area contributed by atoms with Gasteiger partial charge < -0.3 is 11.1 Å². The molecule has 1 aliphatic carbocycles. The Hall–Kier alpha value is -2.55. The predicted octanol–water partition coefficient (Wildman–Crippen LogP) is 7.86. The van der Waals surface area contributed by atoms with E-state index >= 15 is 0 Å². The smallest absolute Gasteiger partial charge is 0.170 e. The molecule has 0 amide bonds. The Balaban J connectivity index is 0.000000488. The van der Waals surface area contributed by atoms with Crippen molar-refractivity contribution in [2.45, 2.75) is 66.2 Å². The van der Waals surface area contributed by atoms with Gasteiger partial charge in [-0.15, -0.1) is 0 Å². The van der Waals surface area contributed by atoms with Crippen molar-refractivity contribution in [3.8, 4) is 0 Å². The minimum atomic E-state index is -0.386. The number of benzene rings is 2. The molecule has 0 unspecified atom stereocenters. The summed E-state index contributed by atoms with van der Waals surface area (Å²) in [6, 6.07) is 10.3. The van der Waals surface area contributed by atoms with Crippen LogP contribution in [0.5, 0.6) is 0 Å². The largest absolute Gasteiger partial charge is 0.396 e. The minimum Gasteiger partial charge on any atom is -0.396 e. The maximum atomic E-state index is 14.8. The summed E-state index contributed by atoms with van der Waals surface area (Å²) < 4.78 is 14.8. The van der Waals surface area contributed by atoms with Crippen molar-refractivity contribution in [3.05, 3.63) is 77.1 Å². The van der Waals surface area contributed by atoms with Gasteiger partial charge >= 0.3 is 0 Å². The van der Waals surface area contributed by atoms with Crippen LogP contribution in [0, 0.1) is 25.6 Å². The zero-order chi connectivity index (χ0) is 22.8. The minimum absolute atomic E-state index is 0.164. The van der Waals surface area contributed by atoms with Gasteiger partial charge in [-0.25, -0.2) is 4.39 Å². The molecule has 0 radical (unpaired) electrons. The van der Waals surface area contributed by atoms with Gasteiger partial charge in [0.15, 0.2) is 5.82 Å². The first kappa shape index (κ1) is 24.7. The first-order valence-corrected chi connectivity index (χ1v) is 11.5. The second-order valence-corrected chi connectivity index (χ2v) is 8.66. The van der Waals surface area contributed by atoms with Gasteiger partial charge in [0.05, 0.1) is 11.4 Å². The molecular weight excluding hydrogens is 383 g/mol. The molecule has 31 heavy (non-hydrogen) atoms. The Kier molecular flexibility index (Phi) is 9.84. The third-order valence-electron chi connectivity index (χ3n) is 6.16. The quantitative estimate of drug-likeness (QED) is 0.271. The van der Waals surface area contributed by atoms with Crippen LogP contribution < -0.4 is 11.1 Å². The number of aryl methyl sites for hydroxylation is 1. The summed E-state index contributed by atoms with van der Waals surface area (Å²) in [5.41, 5.74) is 11.3. The van der Waals surface area contributed by atoms with E-state index in [1.54, 1.807) is 0 Å². The van der Waals surface area contributed by atoms with Crippen LogP contribution in [0.1, 0.15) is 68.2 Å². The lowest BCUT2D eigenvalue weighted by Crippen LogP contribution is -2.11. The molecule has 0 bridgehead atoms. The maximum absolute atomic E-state index is 14.8. The second-order valence-electron chi connectivity index (χ2n) is 8.66. The summed E-state index contributed by atoms with van der Waals surface area (Å²) >= 11 is 0. The summed E-state index contributed by atoms with van der Waals surface area (Å²) in [5, 5.41) is 3.23. The van der Waals surface area contributed by atoms with E-state index in [1.165, 1.54) is 31.2 Å². The van der Waals surface area contributed by atoms with E-state index in [1.807, 2.05) is 51.1 Å². The molecule has 168 valence electrons. The van der Waals surface area contributed by atoms with E-state index in [4.69, 9.17) is 5.73 Å². The first-order chi connectivity index (χ1) is 14.9. The molecule has 3 heteroatoms. The van der Waals surface area contributed by atoms with Crippen molar-refractivity contribution in [3.63, 3.8) is 0 Å². The molecule has 1 aliphatic rings. The maximum Gasteiger partial charge on any atom is 0.170 e. The highest BCUT2D eigenvalue weighted by atomic mass is 19.1. The molecule has 1 fully saturated rings. The summed E-state index contributed by atoms with van der Waals surface area (Å²) in [7, 11) is 0. The topological polar surface area (TPSA) is 38.0 Å². The lowest BCUT2D eigenvalue weighted by atomic mass is 9.93. The van der Waals surface area contributed by atoms with Gasteiger partial charge in [0.2, 0.25) is 0 Å². The van der Waals surface area contributed by atoms with Crippen molar-refractivity contribution < 1.29 is 4.39 Å². The van der Waals surface area contributed by atoms with Gasteiger partial charge in [-0.3, -0.25) is 0 Å². The monoisotopic (exact) mass is 422 g/mol. The van der Waals surface area contributed by atoms with Crippen LogP contribution in [-0.2, 0) is 6.42 Å². The molecule has 2 aromatic carbocycles. The van der Waals surface area contributed by atoms with Crippen molar-refractivity contribution in [1.82, 2.24) is 0 Å². The number of nitrogens with one attached hydrogen (secondary N) is 1. The van der Waals surface area contributed by atoms with Crippen LogP contribution in [0.15, 0.2) is 49.1 Å². The van der Waals surface area contributed by atoms with E-state index in [2.05, 4.69) is 31.0 Å². The average molecular weight is 423 g/mol. The fourth-order valence-corrected chi connectivity index (χ4v) is 4.18. The van der Waals surface area contributed by atoms with Crippen LogP contribution in [-0.4, -0.2) is 6.54 Å². The SMILES string of the molecule is C=C(/C=C\C)c1c(C)c(C)c(NCCCc2ccccc2)c(F)c1N.CC1CCCC1. The van der Waals surface area contributed by atoms with Gasteiger partial charge in [0.1, 0.15) is 0 Å². The lowest BCUT2D eigenvalue weighted by molar-refractivity contribution is 0.612. The number of halogens is 1. The van der Waals surface area contributed by atoms with Crippen LogP contribution in [0.3, 0.4) is 0 Å². The third kappa shape index (κ3) is 6.99. The van der Waals surface area contributed by atoms with Crippen molar-refractivity contribution in [2.24, 2.45) is 5.92 Å². The van der Waals surface area contributed by atoms with Crippen LogP contribution in [0.4, 0.5) is 15.8 Å². The number of rotatable bonds is 7. The zero-order valence-electron chi connectivity index (χ0n) is 19.7. The Morgan fingerprint density at radius 2 is 1.81 bits per heavy atom. The standard InChI is InChI=1S/C22H27FN2.C6H12/c1-5-10-15(2)19-16(3)17(4)22(20(23)21(19)24)25-14-9-13-18-11-7-6-8-12-18;1-6-4-2-3-5-6/h5-8,10-12,25H,2,9,13-14,24H2,1,3-4H3;6H,2-5H2,1H3/b10-5-;. The van der Waals surface area contributed by atoms with Gasteiger partial charge in [0.25, 0.3) is 0 Å². The molecule has 0 saturated heterocycles. The molecule has 3 N–H and O–H groups in total. The summed E-state index contributed by atoms with van der Waals surface area (Å²) in [5.74, 6) is 0.661. The predicted molar refractivity (Wildman–Crippen MR) is 135 cm³/mol. The number of anilines is 2. The number of nitrogen functional groups attached to an aromatic ring is 1. The van der Waals surface area contributed by atoms with E-state index < -0.39 is 0 Å². The van der Waals surface area contributed by atoms with Gasteiger partial charge in [-0.2, -0.15) is 0 Å². The third-order valence-corrected chi connectivity index (χ3v) is 6.16. The summed E-state index contributed by atoms with van der Waals surface area (Å²) in [6.07, 6.45) is 11.6. The first-order valence-electron chi connectivity index (χ1n) is 11.5. The van der Waals surface area contributed by atoms with E-state index in [0.29, 0.717) is 17.8 Å². The van der Waals surface area contributed by atoms with Crippen LogP contribution in [0.25, 0.3) is 5.57 Å². The molecule has 2 aromatic rings. The number of hydrogen-bond acceptors (Lipinski definition) is 2. The highest BCUT2D eigenvalue weighted by Crippen LogP contribution is 2.36. The van der Waals surface area contributed by atoms with Gasteiger partial charge in [-0.05, 0) is 61.8 Å². The normalized spacial score (nSPS) is 13.8. The Morgan fingerprint density at radius 3 is 2.35 bits per heavy atom.